The Balaban J connectivity index is 1.73. The van der Waals surface area contributed by atoms with Gasteiger partial charge in [0.05, 0.1) is 0 Å². The molecular weight excluding hydrogens is 447 g/mol. The van der Waals surface area contributed by atoms with Gasteiger partial charge in [0.1, 0.15) is 16.8 Å². The second-order valence-corrected chi connectivity index (χ2v) is 10.4. The summed E-state index contributed by atoms with van der Waals surface area (Å²) in [5, 5.41) is 2.84. The van der Waals surface area contributed by atoms with E-state index in [2.05, 4.69) is 14.6 Å². The zero-order chi connectivity index (χ0) is 21.6. The number of thioether (sulfide) groups is 1. The molecule has 1 aliphatic heterocycles. The van der Waals surface area contributed by atoms with Crippen molar-refractivity contribution in [3.63, 3.8) is 0 Å². The van der Waals surface area contributed by atoms with Crippen LogP contribution >= 0.6 is 23.1 Å². The Morgan fingerprint density at radius 2 is 2.10 bits per heavy atom. The summed E-state index contributed by atoms with van der Waals surface area (Å²) in [5.41, 5.74) is 0. The third-order valence-corrected chi connectivity index (χ3v) is 7.81. The minimum absolute atomic E-state index is 0.273. The normalized spacial score (nSPS) is 16.3. The number of hydrogen-bond acceptors (Lipinski definition) is 7. The highest BCUT2D eigenvalue weighted by Crippen LogP contribution is 2.20. The minimum atomic E-state index is -4.16. The van der Waals surface area contributed by atoms with Crippen LogP contribution in [0.15, 0.2) is 40.7 Å². The van der Waals surface area contributed by atoms with E-state index in [1.807, 2.05) is 11.6 Å². The predicted molar refractivity (Wildman–Crippen MR) is 119 cm³/mol. The molecule has 0 saturated carbocycles. The van der Waals surface area contributed by atoms with Crippen molar-refractivity contribution in [1.82, 2.24) is 14.6 Å². The summed E-state index contributed by atoms with van der Waals surface area (Å²) < 4.78 is 42.0. The Morgan fingerprint density at radius 3 is 2.80 bits per heavy atom. The fourth-order valence-electron chi connectivity index (χ4n) is 3.30. The van der Waals surface area contributed by atoms with Crippen LogP contribution in [-0.4, -0.2) is 68.4 Å². The zero-order valence-corrected chi connectivity index (χ0v) is 19.1. The van der Waals surface area contributed by atoms with E-state index < -0.39 is 26.8 Å². The number of thiazole rings is 1. The number of aromatic nitrogens is 1. The Morgan fingerprint density at radius 1 is 1.30 bits per heavy atom. The van der Waals surface area contributed by atoms with Gasteiger partial charge in [0, 0.05) is 37.8 Å². The van der Waals surface area contributed by atoms with E-state index >= 15 is 0 Å². The maximum atomic E-state index is 14.0. The molecule has 1 atom stereocenters. The van der Waals surface area contributed by atoms with Gasteiger partial charge in [0.2, 0.25) is 15.9 Å². The van der Waals surface area contributed by atoms with Crippen molar-refractivity contribution in [3.05, 3.63) is 41.7 Å². The molecule has 1 fully saturated rings. The van der Waals surface area contributed by atoms with Gasteiger partial charge in [0.15, 0.2) is 5.13 Å². The molecule has 1 N–H and O–H groups in total. The molecule has 1 aromatic carbocycles. The molecule has 2 heterocycles. The van der Waals surface area contributed by atoms with Gasteiger partial charge in [-0.3, -0.25) is 4.79 Å². The van der Waals surface area contributed by atoms with Crippen LogP contribution in [0.5, 0.6) is 0 Å². The van der Waals surface area contributed by atoms with Crippen LogP contribution in [0, 0.1) is 5.82 Å². The maximum Gasteiger partial charge on any atom is 0.244 e. The summed E-state index contributed by atoms with van der Waals surface area (Å²) in [7, 11) is -4.16. The van der Waals surface area contributed by atoms with Crippen LogP contribution in [0.1, 0.15) is 12.8 Å². The van der Waals surface area contributed by atoms with Crippen molar-refractivity contribution in [3.8, 4) is 0 Å². The summed E-state index contributed by atoms with van der Waals surface area (Å²) in [6.07, 6.45) is 4.75. The quantitative estimate of drug-likeness (QED) is 0.635. The first kappa shape index (κ1) is 23.0. The molecule has 7 nitrogen and oxygen atoms in total. The number of hydrogen-bond donors (Lipinski definition) is 1. The molecule has 0 spiro atoms. The fraction of sp³-hybridized carbons (Fsp3) is 0.474. The molecule has 1 unspecified atom stereocenters. The lowest BCUT2D eigenvalue weighted by Crippen LogP contribution is -2.49. The molecule has 0 radical (unpaired) electrons. The molecule has 1 saturated heterocycles. The molecule has 30 heavy (non-hydrogen) atoms. The maximum absolute atomic E-state index is 14.0. The number of carbonyl (C=O) groups is 1. The van der Waals surface area contributed by atoms with E-state index in [1.54, 1.807) is 22.4 Å². The Kier molecular flexibility index (Phi) is 8.09. The van der Waals surface area contributed by atoms with E-state index in [0.29, 0.717) is 31.8 Å². The lowest BCUT2D eigenvalue weighted by Gasteiger charge is -2.27. The first-order valence-corrected chi connectivity index (χ1v) is 13.4. The van der Waals surface area contributed by atoms with Gasteiger partial charge >= 0.3 is 0 Å². The number of benzene rings is 1. The molecule has 2 aromatic rings. The van der Waals surface area contributed by atoms with Crippen molar-refractivity contribution in [2.75, 3.05) is 43.1 Å². The average Bonchev–Trinajstić information content (AvgIpc) is 3.15. The summed E-state index contributed by atoms with van der Waals surface area (Å²) >= 11 is 3.08. The van der Waals surface area contributed by atoms with Crippen LogP contribution in [0.3, 0.4) is 0 Å². The van der Waals surface area contributed by atoms with Crippen LogP contribution in [0.2, 0.25) is 0 Å². The molecule has 0 aliphatic carbocycles. The van der Waals surface area contributed by atoms with E-state index in [1.165, 1.54) is 30.0 Å². The van der Waals surface area contributed by atoms with Crippen LogP contribution in [-0.2, 0) is 14.8 Å². The van der Waals surface area contributed by atoms with Gasteiger partial charge in [0.25, 0.3) is 0 Å². The standard InChI is InChI=1S/C19H25FN4O3S3/c1-28-13-7-16(22-30(26,27)17-6-3-2-5-15(17)20)18(25)23-9-4-10-24(12-11-23)19-21-8-14-29-19/h2-3,5-6,8,14,16,22H,4,7,9-13H2,1H3. The van der Waals surface area contributed by atoms with Gasteiger partial charge in [-0.2, -0.15) is 16.5 Å². The Hall–Kier alpha value is -1.69. The van der Waals surface area contributed by atoms with E-state index in [4.69, 9.17) is 0 Å². The number of sulfonamides is 1. The van der Waals surface area contributed by atoms with Gasteiger partial charge < -0.3 is 9.80 Å². The van der Waals surface area contributed by atoms with Gasteiger partial charge in [-0.15, -0.1) is 11.3 Å². The van der Waals surface area contributed by atoms with Crippen molar-refractivity contribution in [1.29, 1.82) is 0 Å². The number of nitrogens with one attached hydrogen (secondary N) is 1. The Bertz CT molecular complexity index is 940. The first-order valence-electron chi connectivity index (χ1n) is 9.61. The topological polar surface area (TPSA) is 82.6 Å². The van der Waals surface area contributed by atoms with E-state index in [0.717, 1.165) is 24.2 Å². The van der Waals surface area contributed by atoms with E-state index in [-0.39, 0.29) is 5.91 Å². The molecule has 0 bridgehead atoms. The molecule has 11 heteroatoms. The second-order valence-electron chi connectivity index (χ2n) is 6.87. The average molecular weight is 473 g/mol. The third-order valence-electron chi connectivity index (χ3n) is 4.83. The number of carbonyl (C=O) groups excluding carboxylic acids is 1. The molecule has 1 amide bonds. The molecular formula is C19H25FN4O3S3. The number of rotatable bonds is 8. The monoisotopic (exact) mass is 472 g/mol. The summed E-state index contributed by atoms with van der Waals surface area (Å²) in [4.78, 5) is 20.9. The zero-order valence-electron chi connectivity index (χ0n) is 16.7. The van der Waals surface area contributed by atoms with Gasteiger partial charge in [-0.05, 0) is 37.0 Å². The first-order chi connectivity index (χ1) is 14.4. The number of amides is 1. The van der Waals surface area contributed by atoms with Crippen molar-refractivity contribution in [2.45, 2.75) is 23.8 Å². The van der Waals surface area contributed by atoms with Crippen molar-refractivity contribution < 1.29 is 17.6 Å². The molecule has 3 rings (SSSR count). The summed E-state index contributed by atoms with van der Waals surface area (Å²) in [5.74, 6) is -0.505. The van der Waals surface area contributed by atoms with Crippen LogP contribution in [0.4, 0.5) is 9.52 Å². The van der Waals surface area contributed by atoms with Crippen LogP contribution < -0.4 is 9.62 Å². The SMILES string of the molecule is CSCCC(NS(=O)(=O)c1ccccc1F)C(=O)N1CCCN(c2nccs2)CC1. The van der Waals surface area contributed by atoms with Crippen LogP contribution in [0.25, 0.3) is 0 Å². The lowest BCUT2D eigenvalue weighted by molar-refractivity contribution is -0.132. The van der Waals surface area contributed by atoms with Crippen molar-refractivity contribution >= 4 is 44.2 Å². The largest absolute Gasteiger partial charge is 0.346 e. The third kappa shape index (κ3) is 5.71. The number of halogens is 1. The smallest absolute Gasteiger partial charge is 0.244 e. The summed E-state index contributed by atoms with van der Waals surface area (Å²) in [6.45, 7) is 2.44. The predicted octanol–water partition coefficient (Wildman–Crippen LogP) is 2.42. The van der Waals surface area contributed by atoms with Gasteiger partial charge in [-0.25, -0.2) is 17.8 Å². The number of anilines is 1. The second kappa shape index (κ2) is 10.6. The lowest BCUT2D eigenvalue weighted by atomic mass is 10.2. The Labute approximate surface area is 184 Å². The highest BCUT2D eigenvalue weighted by atomic mass is 32.2. The number of nitrogens with zero attached hydrogens (tertiary/aromatic N) is 3. The fourth-order valence-corrected chi connectivity index (χ4v) is 5.77. The molecule has 1 aromatic heterocycles. The van der Waals surface area contributed by atoms with Crippen molar-refractivity contribution in [2.24, 2.45) is 0 Å². The molecule has 1 aliphatic rings. The van der Waals surface area contributed by atoms with Gasteiger partial charge in [-0.1, -0.05) is 12.1 Å². The minimum Gasteiger partial charge on any atom is -0.346 e. The molecule has 164 valence electrons. The highest BCUT2D eigenvalue weighted by molar-refractivity contribution is 7.98. The summed E-state index contributed by atoms with van der Waals surface area (Å²) in [6, 6.07) is 4.24. The highest BCUT2D eigenvalue weighted by Gasteiger charge is 2.31. The van der Waals surface area contributed by atoms with E-state index in [9.17, 15) is 17.6 Å².